The molecule has 1 aromatic carbocycles. The second kappa shape index (κ2) is 3.85. The van der Waals surface area contributed by atoms with Crippen LogP contribution in [0.2, 0.25) is 0 Å². The fourth-order valence-corrected chi connectivity index (χ4v) is 1.74. The number of fused-ring (bicyclic) bond motifs is 1. The number of aliphatic carboxylic acids is 1. The van der Waals surface area contributed by atoms with Crippen molar-refractivity contribution in [1.82, 2.24) is 4.98 Å². The number of aromatic amines is 1. The first-order valence-electron chi connectivity index (χ1n) is 5.08. The van der Waals surface area contributed by atoms with Crippen LogP contribution in [0.15, 0.2) is 30.0 Å². The van der Waals surface area contributed by atoms with Crippen molar-refractivity contribution in [2.45, 2.75) is 13.8 Å². The average Bonchev–Trinajstić information content (AvgIpc) is 2.63. The van der Waals surface area contributed by atoms with Gasteiger partial charge in [-0.15, -0.1) is 0 Å². The Labute approximate surface area is 93.4 Å². The summed E-state index contributed by atoms with van der Waals surface area (Å²) < 4.78 is 0. The first kappa shape index (κ1) is 10.5. The number of carboxylic acid groups (broad SMARTS) is 1. The molecule has 0 aliphatic rings. The van der Waals surface area contributed by atoms with Crippen molar-refractivity contribution in [2.75, 3.05) is 0 Å². The molecule has 2 aromatic rings. The van der Waals surface area contributed by atoms with Crippen LogP contribution >= 0.6 is 0 Å². The first-order chi connectivity index (χ1) is 7.59. The molecule has 2 rings (SSSR count). The fraction of sp³-hybridized carbons (Fsp3) is 0.154. The molecule has 3 heteroatoms. The number of nitrogens with one attached hydrogen (secondary N) is 1. The van der Waals surface area contributed by atoms with Gasteiger partial charge in [0.05, 0.1) is 0 Å². The summed E-state index contributed by atoms with van der Waals surface area (Å²) in [7, 11) is 0. The largest absolute Gasteiger partial charge is 0.478 e. The number of para-hydroxylation sites is 1. The summed E-state index contributed by atoms with van der Waals surface area (Å²) in [4.78, 5) is 13.9. The van der Waals surface area contributed by atoms with E-state index >= 15 is 0 Å². The maximum Gasteiger partial charge on any atom is 0.331 e. The van der Waals surface area contributed by atoms with Crippen molar-refractivity contribution in [3.63, 3.8) is 0 Å². The first-order valence-corrected chi connectivity index (χ1v) is 5.08. The molecule has 0 radical (unpaired) electrons. The molecule has 0 aliphatic carbocycles. The maximum atomic E-state index is 10.8. The zero-order valence-electron chi connectivity index (χ0n) is 9.24. The predicted molar refractivity (Wildman–Crippen MR) is 64.3 cm³/mol. The molecular weight excluding hydrogens is 202 g/mol. The normalized spacial score (nSPS) is 12.0. The molecule has 82 valence electrons. The number of hydrogen-bond acceptors (Lipinski definition) is 1. The molecule has 16 heavy (non-hydrogen) atoms. The molecule has 0 fully saturated rings. The Morgan fingerprint density at radius 1 is 1.44 bits per heavy atom. The molecule has 0 atom stereocenters. The Morgan fingerprint density at radius 2 is 2.19 bits per heavy atom. The van der Waals surface area contributed by atoms with Gasteiger partial charge in [-0.25, -0.2) is 4.79 Å². The molecule has 0 amide bonds. The Morgan fingerprint density at radius 3 is 2.88 bits per heavy atom. The van der Waals surface area contributed by atoms with E-state index in [4.69, 9.17) is 5.11 Å². The van der Waals surface area contributed by atoms with Crippen molar-refractivity contribution in [3.8, 4) is 0 Å². The molecule has 0 unspecified atom stereocenters. The Kier molecular flexibility index (Phi) is 2.52. The highest BCUT2D eigenvalue weighted by atomic mass is 16.4. The fourth-order valence-electron chi connectivity index (χ4n) is 1.74. The number of carboxylic acids is 1. The lowest BCUT2D eigenvalue weighted by Gasteiger charge is -1.96. The second-order valence-electron chi connectivity index (χ2n) is 3.87. The summed E-state index contributed by atoms with van der Waals surface area (Å²) in [6, 6.07) is 5.98. The lowest BCUT2D eigenvalue weighted by atomic mass is 10.1. The third-order valence-electron chi connectivity index (χ3n) is 2.67. The summed E-state index contributed by atoms with van der Waals surface area (Å²) in [6.45, 7) is 3.62. The zero-order valence-corrected chi connectivity index (χ0v) is 9.24. The van der Waals surface area contributed by atoms with Crippen molar-refractivity contribution < 1.29 is 9.90 Å². The molecule has 0 bridgehead atoms. The van der Waals surface area contributed by atoms with E-state index in [0.717, 1.165) is 22.0 Å². The number of H-pyrrole nitrogens is 1. The van der Waals surface area contributed by atoms with Crippen LogP contribution in [0.1, 0.15) is 18.1 Å². The van der Waals surface area contributed by atoms with Crippen LogP contribution < -0.4 is 0 Å². The molecule has 0 aliphatic heterocycles. The second-order valence-corrected chi connectivity index (χ2v) is 3.87. The van der Waals surface area contributed by atoms with Crippen LogP contribution in [-0.4, -0.2) is 16.1 Å². The van der Waals surface area contributed by atoms with Crippen molar-refractivity contribution in [2.24, 2.45) is 0 Å². The van der Waals surface area contributed by atoms with Crippen molar-refractivity contribution in [3.05, 3.63) is 41.1 Å². The van der Waals surface area contributed by atoms with Gasteiger partial charge in [0.1, 0.15) is 0 Å². The van der Waals surface area contributed by atoms with Gasteiger partial charge in [0, 0.05) is 28.2 Å². The highest BCUT2D eigenvalue weighted by molar-refractivity contribution is 5.97. The van der Waals surface area contributed by atoms with Gasteiger partial charge in [0.15, 0.2) is 0 Å². The van der Waals surface area contributed by atoms with Gasteiger partial charge >= 0.3 is 5.97 Å². The number of hydrogen-bond donors (Lipinski definition) is 2. The summed E-state index contributed by atoms with van der Waals surface area (Å²) in [6.07, 6.45) is 3.52. The predicted octanol–water partition coefficient (Wildman–Crippen LogP) is 2.96. The van der Waals surface area contributed by atoms with E-state index in [-0.39, 0.29) is 0 Å². The molecule has 1 heterocycles. The van der Waals surface area contributed by atoms with E-state index in [2.05, 4.69) is 4.98 Å². The van der Waals surface area contributed by atoms with Crippen LogP contribution in [0.25, 0.3) is 17.0 Å². The topological polar surface area (TPSA) is 53.1 Å². The Balaban J connectivity index is 2.59. The van der Waals surface area contributed by atoms with Crippen molar-refractivity contribution in [1.29, 1.82) is 0 Å². The van der Waals surface area contributed by atoms with Gasteiger partial charge in [-0.3, -0.25) is 0 Å². The molecule has 2 N–H and O–H groups in total. The monoisotopic (exact) mass is 215 g/mol. The summed E-state index contributed by atoms with van der Waals surface area (Å²) in [5.41, 5.74) is 3.47. The van der Waals surface area contributed by atoms with E-state index in [1.807, 2.05) is 31.3 Å². The minimum absolute atomic E-state index is 0.336. The number of aryl methyl sites for hydroxylation is 1. The molecular formula is C13H13NO2. The highest BCUT2D eigenvalue weighted by Crippen LogP contribution is 2.23. The van der Waals surface area contributed by atoms with Gasteiger partial charge in [-0.1, -0.05) is 18.2 Å². The van der Waals surface area contributed by atoms with Gasteiger partial charge in [0.25, 0.3) is 0 Å². The van der Waals surface area contributed by atoms with Crippen LogP contribution in [0.3, 0.4) is 0 Å². The maximum absolute atomic E-state index is 10.8. The quantitative estimate of drug-likeness (QED) is 0.757. The van der Waals surface area contributed by atoms with E-state index in [1.54, 1.807) is 13.0 Å². The number of carbonyl (C=O) groups is 1. The van der Waals surface area contributed by atoms with Gasteiger partial charge in [0.2, 0.25) is 0 Å². The third-order valence-corrected chi connectivity index (χ3v) is 2.67. The van der Waals surface area contributed by atoms with Crippen LogP contribution in [0.5, 0.6) is 0 Å². The van der Waals surface area contributed by atoms with Crippen LogP contribution in [0, 0.1) is 6.92 Å². The smallest absolute Gasteiger partial charge is 0.331 e. The van der Waals surface area contributed by atoms with Crippen LogP contribution in [-0.2, 0) is 4.79 Å². The molecule has 1 aromatic heterocycles. The van der Waals surface area contributed by atoms with Crippen LogP contribution in [0.4, 0.5) is 0 Å². The Bertz CT molecular complexity index is 579. The third kappa shape index (κ3) is 1.72. The van der Waals surface area contributed by atoms with Gasteiger partial charge in [-0.2, -0.15) is 0 Å². The lowest BCUT2D eigenvalue weighted by Crippen LogP contribution is -1.94. The van der Waals surface area contributed by atoms with E-state index in [9.17, 15) is 4.79 Å². The lowest BCUT2D eigenvalue weighted by molar-refractivity contribution is -0.132. The van der Waals surface area contributed by atoms with E-state index in [0.29, 0.717) is 5.57 Å². The number of benzene rings is 1. The molecule has 0 saturated heterocycles. The molecule has 0 spiro atoms. The molecule has 3 nitrogen and oxygen atoms in total. The van der Waals surface area contributed by atoms with Gasteiger partial charge in [-0.05, 0) is 25.5 Å². The highest BCUT2D eigenvalue weighted by Gasteiger charge is 2.05. The SMILES string of the molecule is C/C(=C/c1c[nH]c2c(C)cccc12)C(=O)O. The minimum Gasteiger partial charge on any atom is -0.478 e. The zero-order chi connectivity index (χ0) is 11.7. The molecule has 0 saturated carbocycles. The van der Waals surface area contributed by atoms with E-state index in [1.165, 1.54) is 0 Å². The van der Waals surface area contributed by atoms with E-state index < -0.39 is 5.97 Å². The standard InChI is InChI=1S/C13H13NO2/c1-8-4-3-5-11-10(7-14-12(8)11)6-9(2)13(15)16/h3-7,14H,1-2H3,(H,15,16)/b9-6-. The minimum atomic E-state index is -0.887. The number of rotatable bonds is 2. The summed E-state index contributed by atoms with van der Waals surface area (Å²) in [5.74, 6) is -0.887. The average molecular weight is 215 g/mol. The summed E-state index contributed by atoms with van der Waals surface area (Å²) >= 11 is 0. The van der Waals surface area contributed by atoms with Crippen molar-refractivity contribution >= 4 is 22.9 Å². The Hall–Kier alpha value is -2.03. The summed E-state index contributed by atoms with van der Waals surface area (Å²) in [5, 5.41) is 9.89. The number of aromatic nitrogens is 1. The van der Waals surface area contributed by atoms with Gasteiger partial charge < -0.3 is 10.1 Å².